The fourth-order valence-electron chi connectivity index (χ4n) is 3.71. The van der Waals surface area contributed by atoms with Crippen LogP contribution in [0.25, 0.3) is 16.6 Å². The van der Waals surface area contributed by atoms with Crippen LogP contribution in [0, 0.1) is 20.8 Å². The van der Waals surface area contributed by atoms with E-state index in [2.05, 4.69) is 11.1 Å². The Kier molecular flexibility index (Phi) is 6.06. The van der Waals surface area contributed by atoms with Crippen LogP contribution in [0.5, 0.6) is 5.88 Å². The fourth-order valence-corrected chi connectivity index (χ4v) is 3.71. The second-order valence-electron chi connectivity index (χ2n) is 7.81. The van der Waals surface area contributed by atoms with Crippen molar-refractivity contribution < 1.29 is 14.7 Å². The molecule has 3 N–H and O–H groups in total. The lowest BCUT2D eigenvalue weighted by atomic mass is 10.1. The molecule has 0 radical (unpaired) electrons. The zero-order valence-corrected chi connectivity index (χ0v) is 17.8. The molecule has 6 nitrogen and oxygen atoms in total. The van der Waals surface area contributed by atoms with E-state index in [1.54, 1.807) is 6.92 Å². The third-order valence-electron chi connectivity index (χ3n) is 5.07. The lowest BCUT2D eigenvalue weighted by Crippen LogP contribution is -2.14. The first-order valence-corrected chi connectivity index (χ1v) is 9.91. The van der Waals surface area contributed by atoms with Gasteiger partial charge in [0.15, 0.2) is 5.78 Å². The molecule has 156 valence electrons. The van der Waals surface area contributed by atoms with E-state index in [9.17, 15) is 14.7 Å². The smallest absolute Gasteiger partial charge is 0.217 e. The van der Waals surface area contributed by atoms with Crippen LogP contribution in [0.1, 0.15) is 42.0 Å². The van der Waals surface area contributed by atoms with Crippen LogP contribution in [-0.4, -0.2) is 33.6 Å². The maximum Gasteiger partial charge on any atom is 0.217 e. The summed E-state index contributed by atoms with van der Waals surface area (Å²) in [5.41, 5.74) is 11.3. The second-order valence-corrected chi connectivity index (χ2v) is 7.81. The van der Waals surface area contributed by atoms with Gasteiger partial charge >= 0.3 is 0 Å². The van der Waals surface area contributed by atoms with Crippen molar-refractivity contribution in [3.8, 4) is 11.6 Å². The van der Waals surface area contributed by atoms with Gasteiger partial charge in [0.2, 0.25) is 11.8 Å². The summed E-state index contributed by atoms with van der Waals surface area (Å²) in [5.74, 6) is -0.582. The molecule has 0 aliphatic heterocycles. The number of benzene rings is 2. The van der Waals surface area contributed by atoms with Crippen LogP contribution in [0.2, 0.25) is 0 Å². The number of hydrogen-bond acceptors (Lipinski definition) is 4. The maximum absolute atomic E-state index is 12.0. The van der Waals surface area contributed by atoms with Crippen molar-refractivity contribution in [2.75, 3.05) is 6.54 Å². The monoisotopic (exact) mass is 405 g/mol. The summed E-state index contributed by atoms with van der Waals surface area (Å²) in [4.78, 5) is 27.3. The Morgan fingerprint density at radius 2 is 1.67 bits per heavy atom. The Morgan fingerprint density at radius 3 is 2.30 bits per heavy atom. The number of aryl methyl sites for hydroxylation is 3. The zero-order valence-electron chi connectivity index (χ0n) is 17.8. The van der Waals surface area contributed by atoms with Gasteiger partial charge in [0, 0.05) is 29.6 Å². The first-order chi connectivity index (χ1) is 14.2. The van der Waals surface area contributed by atoms with Crippen LogP contribution in [0.3, 0.4) is 0 Å². The van der Waals surface area contributed by atoms with Gasteiger partial charge in [0.05, 0.1) is 17.6 Å². The topological polar surface area (TPSA) is 97.7 Å². The van der Waals surface area contributed by atoms with Crippen LogP contribution in [0.4, 0.5) is 0 Å². The highest BCUT2D eigenvalue weighted by Gasteiger charge is 2.20. The first kappa shape index (κ1) is 21.3. The van der Waals surface area contributed by atoms with Crippen molar-refractivity contribution in [1.82, 2.24) is 4.57 Å². The molecular formula is C24H27N3O3. The van der Waals surface area contributed by atoms with Gasteiger partial charge in [0.1, 0.15) is 0 Å². The average molecular weight is 405 g/mol. The van der Waals surface area contributed by atoms with Gasteiger partial charge in [-0.1, -0.05) is 18.2 Å². The molecule has 0 spiro atoms. The van der Waals surface area contributed by atoms with Gasteiger partial charge in [-0.3, -0.25) is 19.1 Å². The number of aromatic nitrogens is 1. The molecule has 30 heavy (non-hydrogen) atoms. The molecule has 1 aromatic heterocycles. The highest BCUT2D eigenvalue weighted by Crippen LogP contribution is 2.36. The summed E-state index contributed by atoms with van der Waals surface area (Å²) < 4.78 is 1.82. The standard InChI is InChI=1S/C24H27N3O3/c1-14-5-7-20-21(12-14)27(18-10-15(2)9-16(3)11-18)24(30)23(20)17(4)26-13-19(28)6-8-22(25)29/h5,7,9-12,30H,6,8,13H2,1-4H3,(H2,25,29). The zero-order chi connectivity index (χ0) is 22.0. The summed E-state index contributed by atoms with van der Waals surface area (Å²) in [7, 11) is 0. The van der Waals surface area contributed by atoms with E-state index in [1.165, 1.54) is 0 Å². The van der Waals surface area contributed by atoms with Crippen molar-refractivity contribution in [3.63, 3.8) is 0 Å². The van der Waals surface area contributed by atoms with Gasteiger partial charge < -0.3 is 10.8 Å². The number of fused-ring (bicyclic) bond motifs is 1. The third-order valence-corrected chi connectivity index (χ3v) is 5.07. The maximum atomic E-state index is 12.0. The third kappa shape index (κ3) is 4.43. The van der Waals surface area contributed by atoms with Gasteiger partial charge in [0.25, 0.3) is 0 Å². The van der Waals surface area contributed by atoms with Crippen LogP contribution < -0.4 is 5.73 Å². The number of hydrogen-bond donors (Lipinski definition) is 2. The normalized spacial score (nSPS) is 11.8. The number of Topliss-reactive ketones (excluding diaryl/α,β-unsaturated/α-hetero) is 1. The minimum absolute atomic E-state index is 0.0178. The van der Waals surface area contributed by atoms with Crippen molar-refractivity contribution in [3.05, 3.63) is 58.7 Å². The molecule has 0 aliphatic carbocycles. The van der Waals surface area contributed by atoms with Crippen molar-refractivity contribution in [1.29, 1.82) is 0 Å². The Morgan fingerprint density at radius 1 is 1.00 bits per heavy atom. The predicted molar refractivity (Wildman–Crippen MR) is 120 cm³/mol. The summed E-state index contributed by atoms with van der Waals surface area (Å²) in [6.45, 7) is 7.78. The van der Waals surface area contributed by atoms with Crippen molar-refractivity contribution >= 4 is 28.3 Å². The van der Waals surface area contributed by atoms with E-state index >= 15 is 0 Å². The van der Waals surface area contributed by atoms with E-state index in [4.69, 9.17) is 5.73 Å². The molecule has 2 aromatic carbocycles. The number of nitrogens with zero attached hydrogens (tertiary/aromatic N) is 2. The molecule has 1 heterocycles. The van der Waals surface area contributed by atoms with E-state index < -0.39 is 5.91 Å². The molecular weight excluding hydrogens is 378 g/mol. The van der Waals surface area contributed by atoms with Crippen LogP contribution >= 0.6 is 0 Å². The molecule has 3 aromatic rings. The molecule has 1 amide bonds. The van der Waals surface area contributed by atoms with E-state index in [-0.39, 0.29) is 31.0 Å². The number of carbonyl (C=O) groups is 2. The number of ketones is 1. The molecule has 6 heteroatoms. The number of aliphatic imine (C=N–C) groups is 1. The molecule has 0 bridgehead atoms. The highest BCUT2D eigenvalue weighted by molar-refractivity contribution is 6.13. The van der Waals surface area contributed by atoms with Gasteiger partial charge in [-0.25, -0.2) is 0 Å². The molecule has 0 unspecified atom stereocenters. The fraction of sp³-hybridized carbons (Fsp3) is 0.292. The molecule has 0 saturated heterocycles. The van der Waals surface area contributed by atoms with E-state index in [1.807, 2.05) is 55.7 Å². The molecule has 0 atom stereocenters. The summed E-state index contributed by atoms with van der Waals surface area (Å²) in [6.07, 6.45) is 0.0889. The number of nitrogens with two attached hydrogens (primary N) is 1. The molecule has 3 rings (SSSR count). The van der Waals surface area contributed by atoms with Gasteiger partial charge in [-0.15, -0.1) is 0 Å². The van der Waals surface area contributed by atoms with Crippen molar-refractivity contribution in [2.45, 2.75) is 40.5 Å². The Hall–Kier alpha value is -3.41. The number of rotatable bonds is 7. The lowest BCUT2D eigenvalue weighted by molar-refractivity contribution is -0.123. The van der Waals surface area contributed by atoms with Crippen molar-refractivity contribution in [2.24, 2.45) is 10.7 Å². The number of aromatic hydroxyl groups is 1. The SMILES string of the molecule is CC(=NCC(=O)CCC(N)=O)c1c(O)n(-c2cc(C)cc(C)c2)c2cc(C)ccc12. The predicted octanol–water partition coefficient (Wildman–Crippen LogP) is 3.90. The molecule has 0 fully saturated rings. The largest absolute Gasteiger partial charge is 0.494 e. The number of primary amides is 1. The Balaban J connectivity index is 2.10. The first-order valence-electron chi connectivity index (χ1n) is 9.91. The van der Waals surface area contributed by atoms with Gasteiger partial charge in [-0.2, -0.15) is 0 Å². The van der Waals surface area contributed by atoms with Crippen LogP contribution in [0.15, 0.2) is 41.4 Å². The molecule has 0 aliphatic rings. The highest BCUT2D eigenvalue weighted by atomic mass is 16.3. The number of carbonyl (C=O) groups excluding carboxylic acids is 2. The van der Waals surface area contributed by atoms with E-state index in [0.717, 1.165) is 33.3 Å². The molecule has 0 saturated carbocycles. The summed E-state index contributed by atoms with van der Waals surface area (Å²) >= 11 is 0. The Bertz CT molecular complexity index is 1150. The minimum atomic E-state index is -0.506. The second kappa shape index (κ2) is 8.53. The minimum Gasteiger partial charge on any atom is -0.494 e. The summed E-state index contributed by atoms with van der Waals surface area (Å²) in [6, 6.07) is 12.1. The van der Waals surface area contributed by atoms with Gasteiger partial charge in [-0.05, 0) is 62.6 Å². The quantitative estimate of drug-likeness (QED) is 0.583. The van der Waals surface area contributed by atoms with Crippen LogP contribution in [-0.2, 0) is 9.59 Å². The lowest BCUT2D eigenvalue weighted by Gasteiger charge is -2.10. The average Bonchev–Trinajstić information content (AvgIpc) is 2.94. The van der Waals surface area contributed by atoms with E-state index in [0.29, 0.717) is 11.3 Å². The number of amides is 1. The summed E-state index contributed by atoms with van der Waals surface area (Å²) in [5, 5.41) is 12.1. The Labute approximate surface area is 176 Å².